The predicted octanol–water partition coefficient (Wildman–Crippen LogP) is 2.07. The molecule has 0 saturated carbocycles. The lowest BCUT2D eigenvalue weighted by Gasteiger charge is -2.12. The molecule has 154 valence electrons. The molecule has 8 nitrogen and oxygen atoms in total. The van der Waals surface area contributed by atoms with Gasteiger partial charge in [-0.25, -0.2) is 9.78 Å². The van der Waals surface area contributed by atoms with Crippen LogP contribution in [0.1, 0.15) is 38.7 Å². The first-order valence-electron chi connectivity index (χ1n) is 9.74. The van der Waals surface area contributed by atoms with E-state index in [2.05, 4.69) is 4.98 Å². The molecule has 3 aromatic rings. The summed E-state index contributed by atoms with van der Waals surface area (Å²) in [5, 5.41) is 0. The van der Waals surface area contributed by atoms with Gasteiger partial charge in [-0.05, 0) is 31.7 Å². The van der Waals surface area contributed by atoms with E-state index in [1.54, 1.807) is 17.9 Å². The molecule has 0 radical (unpaired) electrons. The number of ether oxygens (including phenoxy) is 1. The van der Waals surface area contributed by atoms with Crippen LogP contribution < -0.4 is 11.2 Å². The zero-order chi connectivity index (χ0) is 21.0. The topological polar surface area (TPSA) is 88.1 Å². The summed E-state index contributed by atoms with van der Waals surface area (Å²) in [6, 6.07) is 9.79. The van der Waals surface area contributed by atoms with Crippen LogP contribution in [-0.2, 0) is 29.7 Å². The maximum absolute atomic E-state index is 13.1. The molecule has 1 aromatic carbocycles. The Hall–Kier alpha value is -3.16. The molecule has 0 saturated heterocycles. The summed E-state index contributed by atoms with van der Waals surface area (Å²) in [5.74, 6) is -0.306. The van der Waals surface area contributed by atoms with Crippen LogP contribution in [0.5, 0.6) is 0 Å². The number of fused-ring (bicyclic) bond motifs is 1. The van der Waals surface area contributed by atoms with E-state index < -0.39 is 0 Å². The zero-order valence-electron chi connectivity index (χ0n) is 17.0. The van der Waals surface area contributed by atoms with E-state index in [4.69, 9.17) is 4.74 Å². The Morgan fingerprint density at radius 2 is 1.90 bits per heavy atom. The third kappa shape index (κ3) is 4.64. The van der Waals surface area contributed by atoms with Crippen molar-refractivity contribution in [3.8, 4) is 0 Å². The van der Waals surface area contributed by atoms with Crippen LogP contribution >= 0.6 is 0 Å². The minimum atomic E-state index is -0.375. The van der Waals surface area contributed by atoms with Gasteiger partial charge in [0, 0.05) is 27.1 Å². The number of hydrogen-bond donors (Lipinski definition) is 0. The predicted molar refractivity (Wildman–Crippen MR) is 110 cm³/mol. The highest BCUT2D eigenvalue weighted by Gasteiger charge is 2.16. The lowest BCUT2D eigenvalue weighted by molar-refractivity contribution is -0.145. The van der Waals surface area contributed by atoms with E-state index in [1.165, 1.54) is 16.1 Å². The maximum Gasteiger partial charge on any atom is 0.332 e. The van der Waals surface area contributed by atoms with Crippen LogP contribution in [0.4, 0.5) is 0 Å². The van der Waals surface area contributed by atoms with Crippen molar-refractivity contribution in [1.82, 2.24) is 18.7 Å². The van der Waals surface area contributed by atoms with Gasteiger partial charge in [-0.15, -0.1) is 0 Å². The van der Waals surface area contributed by atoms with Crippen molar-refractivity contribution >= 4 is 17.1 Å². The van der Waals surface area contributed by atoms with Crippen molar-refractivity contribution in [3.63, 3.8) is 0 Å². The molecule has 2 heterocycles. The molecule has 2 aromatic heterocycles. The summed E-state index contributed by atoms with van der Waals surface area (Å²) >= 11 is 0. The van der Waals surface area contributed by atoms with E-state index in [-0.39, 0.29) is 23.3 Å². The van der Waals surface area contributed by atoms with Gasteiger partial charge in [0.2, 0.25) is 0 Å². The molecule has 0 aliphatic carbocycles. The Balaban J connectivity index is 1.82. The molecule has 3 rings (SSSR count). The fraction of sp³-hybridized carbons (Fsp3) is 0.429. The number of aryl methyl sites for hydroxylation is 1. The van der Waals surface area contributed by atoms with Gasteiger partial charge in [0.05, 0.1) is 12.4 Å². The maximum atomic E-state index is 13.1. The van der Waals surface area contributed by atoms with Gasteiger partial charge in [0.15, 0.2) is 11.2 Å². The number of imidazole rings is 1. The molecule has 8 heteroatoms. The number of hydrogen-bond acceptors (Lipinski definition) is 5. The van der Waals surface area contributed by atoms with E-state index in [1.807, 2.05) is 37.3 Å². The number of carbonyl (C=O) groups excluding carboxylic acids is 1. The Morgan fingerprint density at radius 1 is 1.17 bits per heavy atom. The molecule has 0 bridgehead atoms. The van der Waals surface area contributed by atoms with Crippen molar-refractivity contribution in [3.05, 3.63) is 63.1 Å². The number of benzene rings is 1. The molecule has 0 amide bonds. The smallest absolute Gasteiger partial charge is 0.332 e. The largest absolute Gasteiger partial charge is 0.463 e. The number of rotatable bonds is 8. The van der Waals surface area contributed by atoms with Crippen LogP contribution in [0, 0.1) is 0 Å². The van der Waals surface area contributed by atoms with Crippen LogP contribution in [0.2, 0.25) is 0 Å². The first-order chi connectivity index (χ1) is 13.9. The number of carbonyl (C=O) groups is 1. The highest BCUT2D eigenvalue weighted by Crippen LogP contribution is 2.10. The summed E-state index contributed by atoms with van der Waals surface area (Å²) in [6.45, 7) is 4.03. The average molecular weight is 398 g/mol. The molecular formula is C21H26N4O4. The van der Waals surface area contributed by atoms with Crippen molar-refractivity contribution in [2.45, 2.75) is 52.3 Å². The molecule has 0 aliphatic rings. The number of esters is 1. The van der Waals surface area contributed by atoms with Gasteiger partial charge in [0.25, 0.3) is 5.56 Å². The van der Waals surface area contributed by atoms with E-state index >= 15 is 0 Å². The second-order valence-corrected chi connectivity index (χ2v) is 7.24. The molecule has 0 spiro atoms. The van der Waals surface area contributed by atoms with Gasteiger partial charge in [-0.2, -0.15) is 0 Å². The summed E-state index contributed by atoms with van der Waals surface area (Å²) in [4.78, 5) is 41.0. The molecule has 1 atom stereocenters. The van der Waals surface area contributed by atoms with Gasteiger partial charge in [-0.1, -0.05) is 30.3 Å². The van der Waals surface area contributed by atoms with Gasteiger partial charge < -0.3 is 9.30 Å². The minimum Gasteiger partial charge on any atom is -0.463 e. The normalized spacial score (nSPS) is 12.2. The number of unbranched alkanes of at least 4 members (excludes halogenated alkanes) is 1. The first-order valence-corrected chi connectivity index (χ1v) is 9.74. The number of nitrogens with zero attached hydrogens (tertiary/aromatic N) is 4. The van der Waals surface area contributed by atoms with Crippen LogP contribution in [0.3, 0.4) is 0 Å². The van der Waals surface area contributed by atoms with Gasteiger partial charge >= 0.3 is 11.7 Å². The Kier molecular flexibility index (Phi) is 6.31. The number of aromatic nitrogens is 4. The van der Waals surface area contributed by atoms with E-state index in [0.717, 1.165) is 12.0 Å². The van der Waals surface area contributed by atoms with Crippen LogP contribution in [-0.4, -0.2) is 30.8 Å². The average Bonchev–Trinajstić information content (AvgIpc) is 3.09. The van der Waals surface area contributed by atoms with Crippen molar-refractivity contribution in [2.75, 3.05) is 0 Å². The fourth-order valence-electron chi connectivity index (χ4n) is 3.46. The quantitative estimate of drug-likeness (QED) is 0.428. The first kappa shape index (κ1) is 20.6. The molecule has 29 heavy (non-hydrogen) atoms. The Labute approximate surface area is 168 Å². The van der Waals surface area contributed by atoms with Crippen molar-refractivity contribution in [2.24, 2.45) is 7.05 Å². The van der Waals surface area contributed by atoms with Crippen molar-refractivity contribution in [1.29, 1.82) is 0 Å². The Morgan fingerprint density at radius 3 is 2.59 bits per heavy atom. The monoisotopic (exact) mass is 398 g/mol. The lowest BCUT2D eigenvalue weighted by atomic mass is 10.2. The zero-order valence-corrected chi connectivity index (χ0v) is 17.0. The fourth-order valence-corrected chi connectivity index (χ4v) is 3.46. The third-order valence-electron chi connectivity index (χ3n) is 4.91. The second kappa shape index (κ2) is 8.89. The molecule has 0 unspecified atom stereocenters. The summed E-state index contributed by atoms with van der Waals surface area (Å²) in [6.07, 6.45) is 3.48. The molecule has 0 fully saturated rings. The van der Waals surface area contributed by atoms with Gasteiger partial charge in [0.1, 0.15) is 0 Å². The lowest BCUT2D eigenvalue weighted by Crippen LogP contribution is -2.39. The van der Waals surface area contributed by atoms with E-state index in [0.29, 0.717) is 37.1 Å². The summed E-state index contributed by atoms with van der Waals surface area (Å²) in [5.41, 5.74) is 1.15. The van der Waals surface area contributed by atoms with Gasteiger partial charge in [-0.3, -0.25) is 18.7 Å². The summed E-state index contributed by atoms with van der Waals surface area (Å²) in [7, 11) is 1.63. The standard InChI is InChI=1S/C21H26N4O4/c1-15(29-16(2)26)9-7-8-12-25-20(27)18-19(23(3)21(25)28)22-14-24(18)13-17-10-5-4-6-11-17/h4-6,10-11,14-15H,7-9,12-13H2,1-3H3/t15-/m0/s1. The summed E-state index contributed by atoms with van der Waals surface area (Å²) < 4.78 is 9.57. The highest BCUT2D eigenvalue weighted by atomic mass is 16.5. The molecule has 0 aliphatic heterocycles. The SMILES string of the molecule is CC(=O)O[C@@H](C)CCCCn1c(=O)c2c(ncn2Cc2ccccc2)n(C)c1=O. The molecular weight excluding hydrogens is 372 g/mol. The van der Waals surface area contributed by atoms with Crippen LogP contribution in [0.15, 0.2) is 46.2 Å². The molecule has 0 N–H and O–H groups in total. The van der Waals surface area contributed by atoms with E-state index in [9.17, 15) is 14.4 Å². The second-order valence-electron chi connectivity index (χ2n) is 7.24. The Bertz CT molecular complexity index is 1110. The highest BCUT2D eigenvalue weighted by molar-refractivity contribution is 5.70. The van der Waals surface area contributed by atoms with Crippen molar-refractivity contribution < 1.29 is 9.53 Å². The third-order valence-corrected chi connectivity index (χ3v) is 4.91. The van der Waals surface area contributed by atoms with Crippen LogP contribution in [0.25, 0.3) is 11.2 Å². The minimum absolute atomic E-state index is 0.179.